The maximum atomic E-state index is 12.7. The van der Waals surface area contributed by atoms with Gasteiger partial charge in [0.1, 0.15) is 0 Å². The number of amides is 1. The second-order valence-electron chi connectivity index (χ2n) is 8.13. The molecule has 0 aliphatic carbocycles. The number of carbonyl (C=O) groups is 1. The molecule has 4 rings (SSSR count). The van der Waals surface area contributed by atoms with E-state index in [2.05, 4.69) is 46.8 Å². The Morgan fingerprint density at radius 3 is 2.85 bits per heavy atom. The zero-order chi connectivity index (χ0) is 18.6. The standard InChI is InChI=1S/C22H30N4O/c1-18-6-5-10-24(16-18)11-9-22(27)25-12-13-26-21(17-25)15-20(23-26)14-19-7-3-2-4-8-19/h2-4,7-8,15,18H,5-6,9-14,16-17H2,1H3/t18-/m1/s1. The number of rotatable bonds is 5. The normalized spacial score (nSPS) is 20.5. The Kier molecular flexibility index (Phi) is 5.58. The number of carbonyl (C=O) groups excluding carboxylic acids is 1. The summed E-state index contributed by atoms with van der Waals surface area (Å²) in [7, 11) is 0. The van der Waals surface area contributed by atoms with Crippen LogP contribution in [-0.2, 0) is 24.3 Å². The van der Waals surface area contributed by atoms with E-state index in [4.69, 9.17) is 5.10 Å². The van der Waals surface area contributed by atoms with E-state index in [-0.39, 0.29) is 5.91 Å². The number of likely N-dealkylation sites (tertiary alicyclic amines) is 1. The van der Waals surface area contributed by atoms with Crippen LogP contribution in [0.15, 0.2) is 36.4 Å². The average Bonchev–Trinajstić information content (AvgIpc) is 3.08. The summed E-state index contributed by atoms with van der Waals surface area (Å²) >= 11 is 0. The molecule has 1 fully saturated rings. The molecule has 144 valence electrons. The summed E-state index contributed by atoms with van der Waals surface area (Å²) < 4.78 is 2.08. The summed E-state index contributed by atoms with van der Waals surface area (Å²) in [5.41, 5.74) is 3.52. The Hall–Kier alpha value is -2.14. The van der Waals surface area contributed by atoms with Gasteiger partial charge in [-0.25, -0.2) is 0 Å². The Morgan fingerprint density at radius 1 is 1.19 bits per heavy atom. The third kappa shape index (κ3) is 4.59. The van der Waals surface area contributed by atoms with Crippen LogP contribution in [0.3, 0.4) is 0 Å². The van der Waals surface area contributed by atoms with Crippen LogP contribution in [0.2, 0.25) is 0 Å². The van der Waals surface area contributed by atoms with E-state index in [0.29, 0.717) is 13.0 Å². The van der Waals surface area contributed by atoms with Crippen LogP contribution < -0.4 is 0 Å². The molecule has 0 unspecified atom stereocenters. The molecule has 1 aromatic heterocycles. The van der Waals surface area contributed by atoms with Crippen molar-refractivity contribution in [1.82, 2.24) is 19.6 Å². The van der Waals surface area contributed by atoms with Crippen LogP contribution in [0.25, 0.3) is 0 Å². The van der Waals surface area contributed by atoms with Crippen LogP contribution in [-0.4, -0.2) is 51.7 Å². The maximum Gasteiger partial charge on any atom is 0.224 e. The molecule has 0 saturated carbocycles. The van der Waals surface area contributed by atoms with Gasteiger partial charge in [0, 0.05) is 32.5 Å². The number of nitrogens with zero attached hydrogens (tertiary/aromatic N) is 4. The maximum absolute atomic E-state index is 12.7. The van der Waals surface area contributed by atoms with Gasteiger partial charge < -0.3 is 9.80 Å². The molecule has 0 radical (unpaired) electrons. The van der Waals surface area contributed by atoms with Gasteiger partial charge in [-0.05, 0) is 36.9 Å². The van der Waals surface area contributed by atoms with Gasteiger partial charge in [0.25, 0.3) is 0 Å². The van der Waals surface area contributed by atoms with Crippen molar-refractivity contribution in [2.24, 2.45) is 5.92 Å². The number of piperidine rings is 1. The van der Waals surface area contributed by atoms with Crippen molar-refractivity contribution in [3.8, 4) is 0 Å². The van der Waals surface area contributed by atoms with E-state index >= 15 is 0 Å². The molecule has 1 amide bonds. The highest BCUT2D eigenvalue weighted by molar-refractivity contribution is 5.76. The predicted molar refractivity (Wildman–Crippen MR) is 106 cm³/mol. The molecule has 1 saturated heterocycles. The molecule has 0 N–H and O–H groups in total. The fraction of sp³-hybridized carbons (Fsp3) is 0.545. The van der Waals surface area contributed by atoms with Crippen molar-refractivity contribution in [2.75, 3.05) is 26.2 Å². The van der Waals surface area contributed by atoms with Gasteiger partial charge in [-0.3, -0.25) is 9.48 Å². The molecule has 27 heavy (non-hydrogen) atoms. The molecule has 0 spiro atoms. The molecule has 2 aromatic rings. The van der Waals surface area contributed by atoms with Crippen molar-refractivity contribution < 1.29 is 4.79 Å². The molecule has 2 aliphatic heterocycles. The molecule has 1 aromatic carbocycles. The van der Waals surface area contributed by atoms with Crippen LogP contribution in [0.5, 0.6) is 0 Å². The number of fused-ring (bicyclic) bond motifs is 1. The lowest BCUT2D eigenvalue weighted by molar-refractivity contribution is -0.133. The van der Waals surface area contributed by atoms with Gasteiger partial charge in [0.2, 0.25) is 5.91 Å². The minimum atomic E-state index is 0.283. The highest BCUT2D eigenvalue weighted by Gasteiger charge is 2.23. The highest BCUT2D eigenvalue weighted by Crippen LogP contribution is 2.18. The number of aromatic nitrogens is 2. The Bertz CT molecular complexity index is 770. The fourth-order valence-corrected chi connectivity index (χ4v) is 4.33. The lowest BCUT2D eigenvalue weighted by Crippen LogP contribution is -2.41. The summed E-state index contributed by atoms with van der Waals surface area (Å²) in [5, 5.41) is 4.74. The molecule has 0 bridgehead atoms. The van der Waals surface area contributed by atoms with E-state index in [1.807, 2.05) is 11.0 Å². The molecule has 3 heterocycles. The first-order valence-electron chi connectivity index (χ1n) is 10.3. The van der Waals surface area contributed by atoms with Gasteiger partial charge >= 0.3 is 0 Å². The van der Waals surface area contributed by atoms with Crippen LogP contribution in [0, 0.1) is 5.92 Å². The molecular formula is C22H30N4O. The predicted octanol–water partition coefficient (Wildman–Crippen LogP) is 2.94. The van der Waals surface area contributed by atoms with Gasteiger partial charge in [-0.1, -0.05) is 37.3 Å². The second-order valence-corrected chi connectivity index (χ2v) is 8.13. The summed E-state index contributed by atoms with van der Waals surface area (Å²) in [6.07, 6.45) is 4.08. The molecule has 5 nitrogen and oxygen atoms in total. The van der Waals surface area contributed by atoms with Crippen LogP contribution >= 0.6 is 0 Å². The molecular weight excluding hydrogens is 336 g/mol. The van der Waals surface area contributed by atoms with Gasteiger partial charge in [-0.2, -0.15) is 5.10 Å². The molecule has 2 aliphatic rings. The first-order valence-corrected chi connectivity index (χ1v) is 10.3. The van der Waals surface area contributed by atoms with E-state index in [0.717, 1.165) is 56.5 Å². The second kappa shape index (κ2) is 8.26. The van der Waals surface area contributed by atoms with Crippen molar-refractivity contribution in [2.45, 2.75) is 45.7 Å². The average molecular weight is 367 g/mol. The van der Waals surface area contributed by atoms with E-state index < -0.39 is 0 Å². The quantitative estimate of drug-likeness (QED) is 0.817. The number of benzene rings is 1. The summed E-state index contributed by atoms with van der Waals surface area (Å²) in [6.45, 7) is 7.77. The first kappa shape index (κ1) is 18.2. The largest absolute Gasteiger partial charge is 0.335 e. The van der Waals surface area contributed by atoms with Crippen LogP contribution in [0.1, 0.15) is 43.1 Å². The van der Waals surface area contributed by atoms with E-state index in [1.54, 1.807) is 0 Å². The van der Waals surface area contributed by atoms with Crippen molar-refractivity contribution in [3.63, 3.8) is 0 Å². The minimum Gasteiger partial charge on any atom is -0.335 e. The third-order valence-corrected chi connectivity index (χ3v) is 5.81. The topological polar surface area (TPSA) is 41.4 Å². The van der Waals surface area contributed by atoms with E-state index in [1.165, 1.54) is 18.4 Å². The van der Waals surface area contributed by atoms with E-state index in [9.17, 15) is 4.79 Å². The zero-order valence-electron chi connectivity index (χ0n) is 16.3. The van der Waals surface area contributed by atoms with Gasteiger partial charge in [-0.15, -0.1) is 0 Å². The zero-order valence-corrected chi connectivity index (χ0v) is 16.3. The van der Waals surface area contributed by atoms with Crippen LogP contribution in [0.4, 0.5) is 0 Å². The number of hydrogen-bond acceptors (Lipinski definition) is 3. The summed E-state index contributed by atoms with van der Waals surface area (Å²) in [4.78, 5) is 17.2. The summed E-state index contributed by atoms with van der Waals surface area (Å²) in [6, 6.07) is 12.6. The molecule has 1 atom stereocenters. The minimum absolute atomic E-state index is 0.283. The van der Waals surface area contributed by atoms with Gasteiger partial charge in [0.15, 0.2) is 0 Å². The monoisotopic (exact) mass is 366 g/mol. The van der Waals surface area contributed by atoms with Crippen molar-refractivity contribution >= 4 is 5.91 Å². The van der Waals surface area contributed by atoms with Gasteiger partial charge in [0.05, 0.1) is 24.5 Å². The lowest BCUT2D eigenvalue weighted by atomic mass is 10.0. The lowest BCUT2D eigenvalue weighted by Gasteiger charge is -2.32. The number of hydrogen-bond donors (Lipinski definition) is 0. The first-order chi connectivity index (χ1) is 13.2. The van der Waals surface area contributed by atoms with Crippen molar-refractivity contribution in [1.29, 1.82) is 0 Å². The highest BCUT2D eigenvalue weighted by atomic mass is 16.2. The third-order valence-electron chi connectivity index (χ3n) is 5.81. The Balaban J connectivity index is 1.32. The smallest absolute Gasteiger partial charge is 0.224 e. The molecule has 5 heteroatoms. The SMILES string of the molecule is C[C@@H]1CCCN(CCC(=O)N2CCn3nc(Cc4ccccc4)cc3C2)C1. The summed E-state index contributed by atoms with van der Waals surface area (Å²) in [5.74, 6) is 1.05. The van der Waals surface area contributed by atoms with Crippen molar-refractivity contribution in [3.05, 3.63) is 53.3 Å². The Morgan fingerprint density at radius 2 is 2.04 bits per heavy atom. The Labute approximate surface area is 162 Å². The fourth-order valence-electron chi connectivity index (χ4n) is 4.33.